The van der Waals surface area contributed by atoms with Gasteiger partial charge in [-0.3, -0.25) is 23.9 Å². The van der Waals surface area contributed by atoms with Crippen LogP contribution in [0, 0.1) is 5.92 Å². The van der Waals surface area contributed by atoms with Gasteiger partial charge in [-0.15, -0.1) is 0 Å². The van der Waals surface area contributed by atoms with Gasteiger partial charge in [0, 0.05) is 56.6 Å². The Morgan fingerprint density at radius 1 is 1.27 bits per heavy atom. The van der Waals surface area contributed by atoms with Gasteiger partial charge in [0.1, 0.15) is 6.23 Å². The molecule has 2 aliphatic heterocycles. The fraction of sp³-hybridized carbons (Fsp3) is 0.481. The molecule has 2 atom stereocenters. The number of imidazole rings is 1. The molecule has 1 unspecified atom stereocenters. The molecule has 4 aromatic rings. The second kappa shape index (κ2) is 10.4. The average molecular weight is 592 g/mol. The third-order valence-corrected chi connectivity index (χ3v) is 8.60. The van der Waals surface area contributed by atoms with Gasteiger partial charge >= 0.3 is 11.9 Å². The minimum atomic E-state index is -4.54. The first-order valence-electron chi connectivity index (χ1n) is 13.4. The van der Waals surface area contributed by atoms with Crippen molar-refractivity contribution >= 4 is 39.6 Å². The van der Waals surface area contributed by atoms with Crippen molar-refractivity contribution in [3.8, 4) is 0 Å². The molecule has 0 spiro atoms. The Bertz CT molecular complexity index is 1670. The highest BCUT2D eigenvalue weighted by Crippen LogP contribution is 2.37. The lowest BCUT2D eigenvalue weighted by atomic mass is 9.91. The molecule has 0 radical (unpaired) electrons. The predicted octanol–water partition coefficient (Wildman–Crippen LogP) is 3.37. The van der Waals surface area contributed by atoms with Gasteiger partial charge in [-0.2, -0.15) is 18.3 Å². The number of pyridine rings is 1. The second-order valence-electron chi connectivity index (χ2n) is 10.9. The lowest BCUT2D eigenvalue weighted by Gasteiger charge is -2.35. The van der Waals surface area contributed by atoms with Crippen molar-refractivity contribution in [2.75, 3.05) is 19.6 Å². The number of amides is 1. The van der Waals surface area contributed by atoms with E-state index in [0.29, 0.717) is 64.1 Å². The Morgan fingerprint density at radius 2 is 2.02 bits per heavy atom. The SMILES string of the molecule is Cn1ncc2c3c(cc(Cl)c21)C[C@@H](CC(=O)N1CCC(n2c(=O)[nH]c4ncccc42)CC1)C(O)N(CC(F)(F)F)C3. The summed E-state index contributed by atoms with van der Waals surface area (Å²) in [4.78, 5) is 35.6. The molecular formula is C27H29ClF3N7O3. The van der Waals surface area contributed by atoms with Crippen LogP contribution in [0.5, 0.6) is 0 Å². The van der Waals surface area contributed by atoms with Crippen LogP contribution >= 0.6 is 11.6 Å². The number of halogens is 4. The number of alkyl halides is 3. The number of hydrogen-bond donors (Lipinski definition) is 2. The van der Waals surface area contributed by atoms with Crippen molar-refractivity contribution in [2.24, 2.45) is 13.0 Å². The molecule has 6 rings (SSSR count). The lowest BCUT2D eigenvalue weighted by Crippen LogP contribution is -2.46. The van der Waals surface area contributed by atoms with E-state index in [-0.39, 0.29) is 37.0 Å². The van der Waals surface area contributed by atoms with Gasteiger partial charge in [0.2, 0.25) is 5.91 Å². The molecule has 0 bridgehead atoms. The standard InChI is InChI=1S/C27H29ClF3N7O3/c1-35-23-18(12-33-35)19-13-37(14-27(29,30)31)25(40)16(9-15(19)10-20(23)28)11-22(39)36-7-4-17(5-8-36)38-21-3-2-6-32-24(21)34-26(38)41/h2-3,6,10,12,16-17,25,40H,4-5,7-9,11,13-14H2,1H3,(H,32,34,41)/t16-,25?/m0/s1. The molecule has 0 aliphatic carbocycles. The molecule has 1 amide bonds. The fourth-order valence-electron chi connectivity index (χ4n) is 6.38. The molecule has 14 heteroatoms. The average Bonchev–Trinajstić information content (AvgIpc) is 3.44. The number of aryl methyl sites for hydroxylation is 1. The van der Waals surface area contributed by atoms with Gasteiger partial charge in [-0.25, -0.2) is 9.78 Å². The number of hydrogen-bond acceptors (Lipinski definition) is 6. The minimum absolute atomic E-state index is 0.119. The van der Waals surface area contributed by atoms with Gasteiger partial charge < -0.3 is 10.0 Å². The third-order valence-electron chi connectivity index (χ3n) is 8.31. The number of H-pyrrole nitrogens is 1. The molecule has 41 heavy (non-hydrogen) atoms. The smallest absolute Gasteiger partial charge is 0.378 e. The summed E-state index contributed by atoms with van der Waals surface area (Å²) < 4.78 is 43.9. The van der Waals surface area contributed by atoms with E-state index in [1.807, 2.05) is 6.07 Å². The number of benzene rings is 1. The number of rotatable bonds is 4. The summed E-state index contributed by atoms with van der Waals surface area (Å²) in [7, 11) is 1.70. The van der Waals surface area contributed by atoms with Crippen LogP contribution in [0.4, 0.5) is 13.2 Å². The third kappa shape index (κ3) is 5.22. The molecular weight excluding hydrogens is 563 g/mol. The first kappa shape index (κ1) is 27.7. The monoisotopic (exact) mass is 591 g/mol. The zero-order valence-corrected chi connectivity index (χ0v) is 23.0. The van der Waals surface area contributed by atoms with Crippen LogP contribution in [0.25, 0.3) is 22.1 Å². The molecule has 1 saturated heterocycles. The number of aliphatic hydroxyl groups excluding tert-OH is 1. The number of nitrogens with zero attached hydrogens (tertiary/aromatic N) is 6. The number of carbonyl (C=O) groups excluding carboxylic acids is 1. The lowest BCUT2D eigenvalue weighted by molar-refractivity contribution is -0.175. The van der Waals surface area contributed by atoms with E-state index in [2.05, 4.69) is 15.1 Å². The largest absolute Gasteiger partial charge is 0.401 e. The molecule has 218 valence electrons. The zero-order valence-electron chi connectivity index (χ0n) is 22.2. The van der Waals surface area contributed by atoms with E-state index in [1.54, 1.807) is 45.7 Å². The van der Waals surface area contributed by atoms with Crippen LogP contribution in [0.1, 0.15) is 36.4 Å². The van der Waals surface area contributed by atoms with Crippen LogP contribution in [-0.2, 0) is 24.8 Å². The Balaban J connectivity index is 1.22. The molecule has 3 aromatic heterocycles. The van der Waals surface area contributed by atoms with Crippen LogP contribution in [0.2, 0.25) is 5.02 Å². The van der Waals surface area contributed by atoms with Crippen molar-refractivity contribution in [2.45, 2.75) is 50.7 Å². The van der Waals surface area contributed by atoms with E-state index in [1.165, 1.54) is 0 Å². The topological polar surface area (TPSA) is 112 Å². The summed E-state index contributed by atoms with van der Waals surface area (Å²) in [6.07, 6.45) is -1.71. The van der Waals surface area contributed by atoms with E-state index in [9.17, 15) is 27.9 Å². The highest BCUT2D eigenvalue weighted by Gasteiger charge is 2.40. The highest BCUT2D eigenvalue weighted by atomic mass is 35.5. The summed E-state index contributed by atoms with van der Waals surface area (Å²) >= 11 is 6.53. The quantitative estimate of drug-likeness (QED) is 0.376. The summed E-state index contributed by atoms with van der Waals surface area (Å²) in [5.74, 6) is -1.03. The zero-order chi connectivity index (χ0) is 29.1. The maximum Gasteiger partial charge on any atom is 0.401 e. The maximum atomic E-state index is 13.6. The number of aromatic amines is 1. The van der Waals surface area contributed by atoms with Crippen LogP contribution in [0.15, 0.2) is 35.4 Å². The summed E-state index contributed by atoms with van der Waals surface area (Å²) in [5, 5.41) is 16.5. The second-order valence-corrected chi connectivity index (χ2v) is 11.3. The fourth-order valence-corrected chi connectivity index (χ4v) is 6.74. The van der Waals surface area contributed by atoms with E-state index in [0.717, 1.165) is 4.90 Å². The molecule has 1 fully saturated rings. The van der Waals surface area contributed by atoms with Gasteiger partial charge in [-0.05, 0) is 48.6 Å². The molecule has 2 N–H and O–H groups in total. The molecule has 5 heterocycles. The normalized spacial score (nSPS) is 21.0. The number of nitrogens with one attached hydrogen (secondary N) is 1. The van der Waals surface area contributed by atoms with E-state index in [4.69, 9.17) is 11.6 Å². The van der Waals surface area contributed by atoms with Crippen molar-refractivity contribution in [1.29, 1.82) is 0 Å². The van der Waals surface area contributed by atoms with Crippen LogP contribution in [0.3, 0.4) is 0 Å². The van der Waals surface area contributed by atoms with Crippen molar-refractivity contribution in [3.63, 3.8) is 0 Å². The summed E-state index contributed by atoms with van der Waals surface area (Å²) in [6.45, 7) is -0.699. The Labute approximate surface area is 237 Å². The van der Waals surface area contributed by atoms with Crippen LogP contribution < -0.4 is 5.69 Å². The first-order valence-corrected chi connectivity index (χ1v) is 13.8. The number of aliphatic hydroxyl groups is 1. The Kier molecular flexibility index (Phi) is 7.07. The Morgan fingerprint density at radius 3 is 2.76 bits per heavy atom. The van der Waals surface area contributed by atoms with Gasteiger partial charge in [-0.1, -0.05) is 11.6 Å². The number of piperidine rings is 1. The number of carbonyl (C=O) groups is 1. The molecule has 1 aromatic carbocycles. The van der Waals surface area contributed by atoms with Gasteiger partial charge in [0.25, 0.3) is 0 Å². The summed E-state index contributed by atoms with van der Waals surface area (Å²) in [6, 6.07) is 5.17. The van der Waals surface area contributed by atoms with Gasteiger partial charge in [0.05, 0.1) is 28.8 Å². The molecule has 0 saturated carbocycles. The number of fused-ring (bicyclic) bond motifs is 4. The van der Waals surface area contributed by atoms with Gasteiger partial charge in [0.15, 0.2) is 5.65 Å². The maximum absolute atomic E-state index is 13.6. The van der Waals surface area contributed by atoms with Crippen LogP contribution in [-0.4, -0.2) is 77.2 Å². The number of aromatic nitrogens is 5. The number of likely N-dealkylation sites (tertiary alicyclic amines) is 1. The predicted molar refractivity (Wildman–Crippen MR) is 145 cm³/mol. The van der Waals surface area contributed by atoms with Crippen molar-refractivity contribution in [3.05, 3.63) is 57.2 Å². The molecule has 2 aliphatic rings. The first-order chi connectivity index (χ1) is 19.5. The Hall–Kier alpha value is -3.42. The van der Waals surface area contributed by atoms with E-state index < -0.39 is 24.9 Å². The minimum Gasteiger partial charge on any atom is -0.378 e. The highest BCUT2D eigenvalue weighted by molar-refractivity contribution is 6.35. The van der Waals surface area contributed by atoms with Crippen molar-refractivity contribution < 1.29 is 23.1 Å². The van der Waals surface area contributed by atoms with E-state index >= 15 is 0 Å². The molecule has 10 nitrogen and oxygen atoms in total. The van der Waals surface area contributed by atoms with Crippen molar-refractivity contribution in [1.82, 2.24) is 34.1 Å². The summed E-state index contributed by atoms with van der Waals surface area (Å²) in [5.41, 5.74) is 2.88.